The van der Waals surface area contributed by atoms with Crippen LogP contribution in [0.15, 0.2) is 59.5 Å². The van der Waals surface area contributed by atoms with Gasteiger partial charge in [0.1, 0.15) is 0 Å². The fourth-order valence-electron chi connectivity index (χ4n) is 2.57. The summed E-state index contributed by atoms with van der Waals surface area (Å²) in [5, 5.41) is 3.63. The summed E-state index contributed by atoms with van der Waals surface area (Å²) in [6, 6.07) is 17.8. The maximum Gasteiger partial charge on any atom is 0.258 e. The van der Waals surface area contributed by atoms with Crippen molar-refractivity contribution < 1.29 is 4.79 Å². The molecule has 1 aromatic heterocycles. The monoisotopic (exact) mass is 368 g/mol. The number of amides is 1. The molecule has 2 aromatic carbocycles. The van der Waals surface area contributed by atoms with Crippen molar-refractivity contribution in [1.82, 2.24) is 4.98 Å². The topological polar surface area (TPSA) is 42.0 Å². The number of rotatable bonds is 6. The summed E-state index contributed by atoms with van der Waals surface area (Å²) >= 11 is 3.22. The first kappa shape index (κ1) is 17.7. The minimum absolute atomic E-state index is 0.104. The van der Waals surface area contributed by atoms with Gasteiger partial charge in [-0.3, -0.25) is 10.1 Å². The molecular formula is C20H20N2OS2. The van der Waals surface area contributed by atoms with E-state index in [1.54, 1.807) is 23.1 Å². The predicted octanol–water partition coefficient (Wildman–Crippen LogP) is 5.74. The number of nitrogens with zero attached hydrogens (tertiary/aromatic N) is 1. The molecule has 3 nitrogen and oxygen atoms in total. The third-order valence-corrected chi connectivity index (χ3v) is 5.79. The number of carbonyl (C=O) groups excluding carboxylic acids is 1. The van der Waals surface area contributed by atoms with Crippen molar-refractivity contribution in [2.24, 2.45) is 0 Å². The molecule has 0 aliphatic heterocycles. The summed E-state index contributed by atoms with van der Waals surface area (Å²) in [4.78, 5) is 19.5. The first-order chi connectivity index (χ1) is 12.2. The molecule has 1 amide bonds. The molecule has 3 rings (SSSR count). The van der Waals surface area contributed by atoms with Gasteiger partial charge in [0.2, 0.25) is 0 Å². The zero-order valence-electron chi connectivity index (χ0n) is 14.3. The minimum Gasteiger partial charge on any atom is -0.298 e. The summed E-state index contributed by atoms with van der Waals surface area (Å²) < 4.78 is 0. The van der Waals surface area contributed by atoms with Crippen LogP contribution < -0.4 is 5.32 Å². The molecular weight excluding hydrogens is 348 g/mol. The number of hydrogen-bond donors (Lipinski definition) is 1. The zero-order chi connectivity index (χ0) is 17.6. The van der Waals surface area contributed by atoms with Gasteiger partial charge in [0.05, 0.1) is 11.3 Å². The van der Waals surface area contributed by atoms with E-state index >= 15 is 0 Å². The summed E-state index contributed by atoms with van der Waals surface area (Å²) in [6.45, 7) is 4.19. The van der Waals surface area contributed by atoms with Gasteiger partial charge in [0.15, 0.2) is 5.13 Å². The Balaban J connectivity index is 1.87. The number of thiazole rings is 1. The number of anilines is 1. The van der Waals surface area contributed by atoms with E-state index in [0.717, 1.165) is 28.3 Å². The fourth-order valence-corrected chi connectivity index (χ4v) is 4.29. The van der Waals surface area contributed by atoms with Crippen LogP contribution in [0.2, 0.25) is 0 Å². The van der Waals surface area contributed by atoms with E-state index in [0.29, 0.717) is 10.7 Å². The maximum absolute atomic E-state index is 12.7. The third kappa shape index (κ3) is 4.11. The van der Waals surface area contributed by atoms with E-state index in [2.05, 4.69) is 24.1 Å². The fraction of sp³-hybridized carbons (Fsp3) is 0.200. The highest BCUT2D eigenvalue weighted by atomic mass is 32.2. The molecule has 0 aliphatic carbocycles. The molecule has 0 atom stereocenters. The average molecular weight is 369 g/mol. The first-order valence-electron chi connectivity index (χ1n) is 8.31. The Kier molecular flexibility index (Phi) is 5.89. The Morgan fingerprint density at radius 2 is 1.80 bits per heavy atom. The van der Waals surface area contributed by atoms with Crippen molar-refractivity contribution in [2.75, 3.05) is 11.1 Å². The van der Waals surface area contributed by atoms with Gasteiger partial charge in [-0.1, -0.05) is 56.3 Å². The quantitative estimate of drug-likeness (QED) is 0.564. The molecule has 0 saturated carbocycles. The second kappa shape index (κ2) is 8.32. The van der Waals surface area contributed by atoms with Crippen molar-refractivity contribution >= 4 is 34.1 Å². The van der Waals surface area contributed by atoms with Crippen molar-refractivity contribution in [2.45, 2.75) is 25.2 Å². The molecule has 0 saturated heterocycles. The molecule has 1 heterocycles. The molecule has 128 valence electrons. The number of benzene rings is 2. The highest BCUT2D eigenvalue weighted by molar-refractivity contribution is 7.99. The second-order valence-corrected chi connectivity index (χ2v) is 7.78. The van der Waals surface area contributed by atoms with E-state index in [9.17, 15) is 4.79 Å². The summed E-state index contributed by atoms with van der Waals surface area (Å²) in [5.74, 6) is 0.826. The Morgan fingerprint density at radius 3 is 2.52 bits per heavy atom. The van der Waals surface area contributed by atoms with E-state index < -0.39 is 0 Å². The Labute approximate surface area is 156 Å². The predicted molar refractivity (Wildman–Crippen MR) is 108 cm³/mol. The van der Waals surface area contributed by atoms with Gasteiger partial charge in [-0.2, -0.15) is 0 Å². The van der Waals surface area contributed by atoms with Gasteiger partial charge >= 0.3 is 0 Å². The molecule has 0 unspecified atom stereocenters. The van der Waals surface area contributed by atoms with E-state index in [-0.39, 0.29) is 5.91 Å². The first-order valence-corrected chi connectivity index (χ1v) is 10.1. The summed E-state index contributed by atoms with van der Waals surface area (Å²) in [6.07, 6.45) is 0.889. The zero-order valence-corrected chi connectivity index (χ0v) is 15.9. The molecule has 5 heteroatoms. The molecule has 25 heavy (non-hydrogen) atoms. The normalized spacial score (nSPS) is 10.6. The van der Waals surface area contributed by atoms with Crippen LogP contribution in [0.4, 0.5) is 5.13 Å². The molecule has 3 aromatic rings. The lowest BCUT2D eigenvalue weighted by molar-refractivity contribution is 0.102. The molecule has 0 bridgehead atoms. The second-order valence-electron chi connectivity index (χ2n) is 5.39. The van der Waals surface area contributed by atoms with E-state index in [1.165, 1.54) is 4.88 Å². The highest BCUT2D eigenvalue weighted by Crippen LogP contribution is 2.32. The van der Waals surface area contributed by atoms with Crippen LogP contribution in [0.25, 0.3) is 11.3 Å². The van der Waals surface area contributed by atoms with E-state index in [1.807, 2.05) is 54.6 Å². The number of nitrogens with one attached hydrogen (secondary N) is 1. The van der Waals surface area contributed by atoms with Crippen LogP contribution in [0, 0.1) is 0 Å². The standard InChI is InChI=1S/C20H20N2OS2/c1-3-16-18(14-10-6-5-7-11-14)21-20(25-16)22-19(23)15-12-8-9-13-17(15)24-4-2/h5-13H,3-4H2,1-2H3,(H,21,22,23). The van der Waals surface area contributed by atoms with Gasteiger partial charge in [0, 0.05) is 15.3 Å². The Bertz CT molecular complexity index is 859. The van der Waals surface area contributed by atoms with Gasteiger partial charge in [-0.05, 0) is 24.3 Å². The van der Waals surface area contributed by atoms with Crippen LogP contribution in [0.5, 0.6) is 0 Å². The third-order valence-electron chi connectivity index (χ3n) is 3.72. The average Bonchev–Trinajstić information content (AvgIpc) is 3.06. The highest BCUT2D eigenvalue weighted by Gasteiger charge is 2.16. The summed E-state index contributed by atoms with van der Waals surface area (Å²) in [7, 11) is 0. The molecule has 0 radical (unpaired) electrons. The van der Waals surface area contributed by atoms with Crippen LogP contribution in [0.1, 0.15) is 29.1 Å². The SMILES string of the molecule is CCSc1ccccc1C(=O)Nc1nc(-c2ccccc2)c(CC)s1. The Morgan fingerprint density at radius 1 is 1.08 bits per heavy atom. The van der Waals surface area contributed by atoms with Crippen LogP contribution in [-0.2, 0) is 6.42 Å². The van der Waals surface area contributed by atoms with Gasteiger partial charge in [-0.25, -0.2) is 4.98 Å². The molecule has 0 aliphatic rings. The smallest absolute Gasteiger partial charge is 0.258 e. The largest absolute Gasteiger partial charge is 0.298 e. The maximum atomic E-state index is 12.7. The van der Waals surface area contributed by atoms with E-state index in [4.69, 9.17) is 0 Å². The van der Waals surface area contributed by atoms with Crippen molar-refractivity contribution in [3.8, 4) is 11.3 Å². The van der Waals surface area contributed by atoms with Crippen LogP contribution >= 0.6 is 23.1 Å². The van der Waals surface area contributed by atoms with Crippen molar-refractivity contribution in [3.63, 3.8) is 0 Å². The Hall–Kier alpha value is -2.11. The van der Waals surface area contributed by atoms with Gasteiger partial charge in [0.25, 0.3) is 5.91 Å². The molecule has 1 N–H and O–H groups in total. The van der Waals surface area contributed by atoms with Crippen molar-refractivity contribution in [3.05, 3.63) is 65.0 Å². The van der Waals surface area contributed by atoms with Crippen LogP contribution in [-0.4, -0.2) is 16.6 Å². The van der Waals surface area contributed by atoms with Crippen LogP contribution in [0.3, 0.4) is 0 Å². The number of carbonyl (C=O) groups is 1. The van der Waals surface area contributed by atoms with Gasteiger partial charge < -0.3 is 0 Å². The lowest BCUT2D eigenvalue weighted by atomic mass is 10.1. The number of thioether (sulfide) groups is 1. The number of aromatic nitrogens is 1. The summed E-state index contributed by atoms with van der Waals surface area (Å²) in [5.41, 5.74) is 2.74. The van der Waals surface area contributed by atoms with Gasteiger partial charge in [-0.15, -0.1) is 23.1 Å². The number of aryl methyl sites for hydroxylation is 1. The lowest BCUT2D eigenvalue weighted by Gasteiger charge is -2.07. The molecule has 0 spiro atoms. The minimum atomic E-state index is -0.104. The number of hydrogen-bond acceptors (Lipinski definition) is 4. The lowest BCUT2D eigenvalue weighted by Crippen LogP contribution is -2.12. The molecule has 0 fully saturated rings. The van der Waals surface area contributed by atoms with Crippen molar-refractivity contribution in [1.29, 1.82) is 0 Å².